The minimum atomic E-state index is -1.46. The van der Waals surface area contributed by atoms with Gasteiger partial charge >= 0.3 is 5.97 Å². The number of benzene rings is 2. The van der Waals surface area contributed by atoms with Crippen molar-refractivity contribution in [2.24, 2.45) is 0 Å². The van der Waals surface area contributed by atoms with E-state index in [0.717, 1.165) is 0 Å². The normalized spacial score (nSPS) is 11.4. The van der Waals surface area contributed by atoms with Gasteiger partial charge in [0.25, 0.3) is 0 Å². The number of aromatic hydroxyl groups is 2. The molecular formula is C19H18O6. The first kappa shape index (κ1) is 18.1. The van der Waals surface area contributed by atoms with Crippen LogP contribution in [0.1, 0.15) is 29.8 Å². The number of carbonyl (C=O) groups is 2. The van der Waals surface area contributed by atoms with E-state index in [0.29, 0.717) is 5.56 Å². The lowest BCUT2D eigenvalue weighted by Gasteiger charge is -2.21. The number of phenols is 2. The van der Waals surface area contributed by atoms with Gasteiger partial charge in [0.15, 0.2) is 11.4 Å². The Hall–Kier alpha value is -3.28. The molecule has 0 unspecified atom stereocenters. The predicted molar refractivity (Wildman–Crippen MR) is 91.9 cm³/mol. The second-order valence-electron chi connectivity index (χ2n) is 5.89. The van der Waals surface area contributed by atoms with Crippen LogP contribution in [0.5, 0.6) is 17.2 Å². The number of hydrogen-bond acceptors (Lipinski definition) is 5. The first-order valence-corrected chi connectivity index (χ1v) is 7.46. The number of hydrogen-bond donors (Lipinski definition) is 3. The van der Waals surface area contributed by atoms with Gasteiger partial charge in [-0.1, -0.05) is 18.2 Å². The number of ketones is 1. The summed E-state index contributed by atoms with van der Waals surface area (Å²) in [4.78, 5) is 23.2. The van der Waals surface area contributed by atoms with Gasteiger partial charge in [-0.2, -0.15) is 0 Å². The molecule has 0 aliphatic heterocycles. The summed E-state index contributed by atoms with van der Waals surface area (Å²) in [7, 11) is 0. The van der Waals surface area contributed by atoms with Gasteiger partial charge in [0.2, 0.25) is 0 Å². The summed E-state index contributed by atoms with van der Waals surface area (Å²) in [6.07, 6.45) is 2.85. The topological polar surface area (TPSA) is 104 Å². The molecule has 0 fully saturated rings. The number of phenolic OH excluding ortho intramolecular Hbond substituents is 2. The Balaban J connectivity index is 2.15. The summed E-state index contributed by atoms with van der Waals surface area (Å²) in [5.74, 6) is -1.61. The highest BCUT2D eigenvalue weighted by Gasteiger charge is 2.29. The van der Waals surface area contributed by atoms with Gasteiger partial charge in [0.05, 0.1) is 5.56 Å². The first-order valence-electron chi connectivity index (χ1n) is 7.46. The molecule has 130 valence electrons. The quantitative estimate of drug-likeness (QED) is 0.550. The summed E-state index contributed by atoms with van der Waals surface area (Å²) in [5, 5.41) is 28.3. The van der Waals surface area contributed by atoms with Crippen LogP contribution in [0, 0.1) is 0 Å². The van der Waals surface area contributed by atoms with Crippen molar-refractivity contribution in [3.05, 3.63) is 59.7 Å². The van der Waals surface area contributed by atoms with Crippen LogP contribution in [0.3, 0.4) is 0 Å². The maximum atomic E-state index is 12.2. The highest BCUT2D eigenvalue weighted by molar-refractivity contribution is 6.08. The zero-order valence-corrected chi connectivity index (χ0v) is 13.8. The molecule has 2 aromatic carbocycles. The van der Waals surface area contributed by atoms with E-state index < -0.39 is 17.4 Å². The third-order valence-corrected chi connectivity index (χ3v) is 3.44. The van der Waals surface area contributed by atoms with E-state index in [9.17, 15) is 19.8 Å². The molecule has 2 aromatic rings. The molecule has 6 nitrogen and oxygen atoms in total. The Morgan fingerprint density at radius 2 is 1.68 bits per heavy atom. The summed E-state index contributed by atoms with van der Waals surface area (Å²) in [5.41, 5.74) is -0.680. The largest absolute Gasteiger partial charge is 0.508 e. The van der Waals surface area contributed by atoms with E-state index in [1.807, 2.05) is 0 Å². The number of carboxylic acids is 1. The van der Waals surface area contributed by atoms with Gasteiger partial charge in [-0.3, -0.25) is 4.79 Å². The molecule has 0 amide bonds. The molecule has 0 saturated carbocycles. The molecule has 0 aliphatic carbocycles. The van der Waals surface area contributed by atoms with Crippen molar-refractivity contribution >= 4 is 17.8 Å². The molecule has 25 heavy (non-hydrogen) atoms. The van der Waals surface area contributed by atoms with Gasteiger partial charge < -0.3 is 20.1 Å². The lowest BCUT2D eigenvalue weighted by atomic mass is 10.1. The fourth-order valence-electron chi connectivity index (χ4n) is 1.97. The maximum Gasteiger partial charge on any atom is 0.347 e. The molecule has 0 radical (unpaired) electrons. The van der Waals surface area contributed by atoms with E-state index in [2.05, 4.69) is 0 Å². The SMILES string of the molecule is CC(C)(Oc1ccc(C(=O)/C=C/c2ccc(O)cc2)c(O)c1)C(=O)O. The fraction of sp³-hybridized carbons (Fsp3) is 0.158. The van der Waals surface area contributed by atoms with Gasteiger partial charge in [0, 0.05) is 6.07 Å². The molecule has 0 aromatic heterocycles. The Morgan fingerprint density at radius 3 is 2.24 bits per heavy atom. The van der Waals surface area contributed by atoms with Crippen LogP contribution in [-0.4, -0.2) is 32.7 Å². The fourth-order valence-corrected chi connectivity index (χ4v) is 1.97. The van der Waals surface area contributed by atoms with Crippen molar-refractivity contribution in [2.45, 2.75) is 19.4 Å². The van der Waals surface area contributed by atoms with Crippen molar-refractivity contribution < 1.29 is 29.6 Å². The summed E-state index contributed by atoms with van der Waals surface area (Å²) in [6, 6.07) is 10.3. The number of ether oxygens (including phenoxy) is 1. The minimum Gasteiger partial charge on any atom is -0.508 e. The zero-order chi connectivity index (χ0) is 18.6. The Bertz CT molecular complexity index is 818. The lowest BCUT2D eigenvalue weighted by molar-refractivity contribution is -0.152. The monoisotopic (exact) mass is 342 g/mol. The number of allylic oxidation sites excluding steroid dienone is 1. The van der Waals surface area contributed by atoms with Crippen molar-refractivity contribution in [2.75, 3.05) is 0 Å². The predicted octanol–water partition coefficient (Wildman–Crippen LogP) is 3.24. The van der Waals surface area contributed by atoms with Gasteiger partial charge in [0.1, 0.15) is 17.2 Å². The van der Waals surface area contributed by atoms with Crippen LogP contribution < -0.4 is 4.74 Å². The molecule has 6 heteroatoms. The number of carbonyl (C=O) groups excluding carboxylic acids is 1. The summed E-state index contributed by atoms with van der Waals surface area (Å²) < 4.78 is 5.31. The molecule has 0 atom stereocenters. The highest BCUT2D eigenvalue weighted by Crippen LogP contribution is 2.27. The molecule has 0 heterocycles. The average molecular weight is 342 g/mol. The molecule has 3 N–H and O–H groups in total. The molecule has 2 rings (SSSR count). The minimum absolute atomic E-state index is 0.0653. The van der Waals surface area contributed by atoms with Crippen LogP contribution in [0.25, 0.3) is 6.08 Å². The van der Waals surface area contributed by atoms with Crippen molar-refractivity contribution in [3.63, 3.8) is 0 Å². The van der Waals surface area contributed by atoms with E-state index in [1.165, 1.54) is 50.3 Å². The van der Waals surface area contributed by atoms with Crippen LogP contribution in [0.4, 0.5) is 0 Å². The van der Waals surface area contributed by atoms with Crippen LogP contribution in [0.2, 0.25) is 0 Å². The Kier molecular flexibility index (Phi) is 5.12. The number of carboxylic acid groups (broad SMARTS) is 1. The molecular weight excluding hydrogens is 324 g/mol. The van der Waals surface area contributed by atoms with E-state index in [-0.39, 0.29) is 22.8 Å². The Morgan fingerprint density at radius 1 is 1.04 bits per heavy atom. The first-order chi connectivity index (χ1) is 11.7. The van der Waals surface area contributed by atoms with Gasteiger partial charge in [-0.15, -0.1) is 0 Å². The highest BCUT2D eigenvalue weighted by atomic mass is 16.5. The van der Waals surface area contributed by atoms with Crippen molar-refractivity contribution in [3.8, 4) is 17.2 Å². The molecule has 0 spiro atoms. The van der Waals surface area contributed by atoms with E-state index in [4.69, 9.17) is 9.84 Å². The van der Waals surface area contributed by atoms with Crippen molar-refractivity contribution in [1.29, 1.82) is 0 Å². The van der Waals surface area contributed by atoms with Gasteiger partial charge in [-0.05, 0) is 49.8 Å². The van der Waals surface area contributed by atoms with Crippen LogP contribution >= 0.6 is 0 Å². The number of aliphatic carboxylic acids is 1. The molecule has 0 saturated heterocycles. The lowest BCUT2D eigenvalue weighted by Crippen LogP contribution is -2.37. The van der Waals surface area contributed by atoms with E-state index >= 15 is 0 Å². The third kappa shape index (κ3) is 4.60. The van der Waals surface area contributed by atoms with Crippen molar-refractivity contribution in [1.82, 2.24) is 0 Å². The number of rotatable bonds is 6. The average Bonchev–Trinajstić information content (AvgIpc) is 2.53. The molecule has 0 bridgehead atoms. The second-order valence-corrected chi connectivity index (χ2v) is 5.89. The van der Waals surface area contributed by atoms with Gasteiger partial charge in [-0.25, -0.2) is 4.79 Å². The Labute approximate surface area is 144 Å². The van der Waals surface area contributed by atoms with Crippen LogP contribution in [-0.2, 0) is 4.79 Å². The second kappa shape index (κ2) is 7.09. The standard InChI is InChI=1S/C19H18O6/c1-19(2,18(23)24)25-14-8-9-15(17(22)11-14)16(21)10-5-12-3-6-13(20)7-4-12/h3-11,20,22H,1-2H3,(H,23,24)/b10-5+. The zero-order valence-electron chi connectivity index (χ0n) is 13.8. The van der Waals surface area contributed by atoms with E-state index in [1.54, 1.807) is 18.2 Å². The summed E-state index contributed by atoms with van der Waals surface area (Å²) >= 11 is 0. The smallest absolute Gasteiger partial charge is 0.347 e. The third-order valence-electron chi connectivity index (χ3n) is 3.44. The molecule has 0 aliphatic rings. The summed E-state index contributed by atoms with van der Waals surface area (Å²) in [6.45, 7) is 2.76. The van der Waals surface area contributed by atoms with Crippen LogP contribution in [0.15, 0.2) is 48.5 Å². The maximum absolute atomic E-state index is 12.2.